The highest BCUT2D eigenvalue weighted by Crippen LogP contribution is 2.27. The fourth-order valence-corrected chi connectivity index (χ4v) is 2.46. The average Bonchev–Trinajstić information content (AvgIpc) is 2.75. The molecule has 0 nitrogen and oxygen atoms in total. The second-order valence-electron chi connectivity index (χ2n) is 2.45. The molecule has 2 heteroatoms. The minimum Gasteiger partial charge on any atom is -0.152 e. The molecule has 0 aliphatic heterocycles. The van der Waals surface area contributed by atoms with Crippen LogP contribution >= 0.6 is 22.7 Å². The molecule has 0 saturated carbocycles. The van der Waals surface area contributed by atoms with Gasteiger partial charge in [0.2, 0.25) is 0 Å². The summed E-state index contributed by atoms with van der Waals surface area (Å²) in [4.78, 5) is 1.23. The van der Waals surface area contributed by atoms with Crippen molar-refractivity contribution in [2.45, 2.75) is 0 Å². The molecule has 0 atom stereocenters. The minimum atomic E-state index is 1.23. The van der Waals surface area contributed by atoms with Crippen LogP contribution in [0, 0.1) is 0 Å². The van der Waals surface area contributed by atoms with Crippen molar-refractivity contribution >= 4 is 28.7 Å². The van der Waals surface area contributed by atoms with E-state index in [-0.39, 0.29) is 0 Å². The molecule has 2 rings (SSSR count). The molecule has 0 bridgehead atoms. The summed E-state index contributed by atoms with van der Waals surface area (Å²) in [6, 6.07) is 4.30. The first kappa shape index (κ1) is 7.77. The molecular weight excluding hydrogens is 184 g/mol. The fraction of sp³-hybridized carbons (Fsp3) is 0. The van der Waals surface area contributed by atoms with Crippen molar-refractivity contribution < 1.29 is 0 Å². The van der Waals surface area contributed by atoms with Crippen LogP contribution in [0.5, 0.6) is 0 Å². The van der Waals surface area contributed by atoms with Gasteiger partial charge in [-0.25, -0.2) is 0 Å². The van der Waals surface area contributed by atoms with Gasteiger partial charge < -0.3 is 0 Å². The van der Waals surface area contributed by atoms with Crippen molar-refractivity contribution in [2.75, 3.05) is 0 Å². The molecule has 2 heterocycles. The largest absolute Gasteiger partial charge is 0.152 e. The quantitative estimate of drug-likeness (QED) is 0.671. The topological polar surface area (TPSA) is 0 Å². The van der Waals surface area contributed by atoms with E-state index in [0.717, 1.165) is 0 Å². The lowest BCUT2D eigenvalue weighted by molar-refractivity contribution is 1.82. The first-order valence-electron chi connectivity index (χ1n) is 3.63. The van der Waals surface area contributed by atoms with Crippen LogP contribution in [0.1, 0.15) is 4.88 Å². The van der Waals surface area contributed by atoms with E-state index in [1.165, 1.54) is 16.0 Å². The van der Waals surface area contributed by atoms with Gasteiger partial charge in [0.15, 0.2) is 0 Å². The number of hydrogen-bond donors (Lipinski definition) is 0. The third kappa shape index (κ3) is 1.36. The van der Waals surface area contributed by atoms with Gasteiger partial charge in [-0.05, 0) is 39.4 Å². The molecule has 0 saturated heterocycles. The fourth-order valence-electron chi connectivity index (χ4n) is 1.04. The van der Waals surface area contributed by atoms with Gasteiger partial charge in [0.1, 0.15) is 0 Å². The van der Waals surface area contributed by atoms with Crippen molar-refractivity contribution in [3.05, 3.63) is 39.7 Å². The smallest absolute Gasteiger partial charge is 0.0270 e. The molecule has 0 N–H and O–H groups in total. The van der Waals surface area contributed by atoms with Gasteiger partial charge in [-0.15, -0.1) is 11.3 Å². The van der Waals surface area contributed by atoms with Gasteiger partial charge >= 0.3 is 0 Å². The van der Waals surface area contributed by atoms with Crippen molar-refractivity contribution in [1.82, 2.24) is 0 Å². The molecule has 12 heavy (non-hydrogen) atoms. The number of hydrogen-bond acceptors (Lipinski definition) is 2. The van der Waals surface area contributed by atoms with Crippen molar-refractivity contribution in [3.63, 3.8) is 0 Å². The van der Waals surface area contributed by atoms with Crippen LogP contribution in [0.4, 0.5) is 0 Å². The van der Waals surface area contributed by atoms with E-state index in [1.807, 2.05) is 6.08 Å². The normalized spacial score (nSPS) is 10.0. The van der Waals surface area contributed by atoms with Crippen molar-refractivity contribution in [3.8, 4) is 11.1 Å². The summed E-state index contributed by atoms with van der Waals surface area (Å²) in [7, 11) is 0. The zero-order valence-electron chi connectivity index (χ0n) is 6.49. The Morgan fingerprint density at radius 3 is 2.75 bits per heavy atom. The average molecular weight is 192 g/mol. The molecule has 0 spiro atoms. The molecule has 0 fully saturated rings. The maximum absolute atomic E-state index is 3.74. The van der Waals surface area contributed by atoms with Gasteiger partial charge in [0, 0.05) is 4.88 Å². The van der Waals surface area contributed by atoms with E-state index in [1.54, 1.807) is 22.7 Å². The second kappa shape index (κ2) is 3.25. The van der Waals surface area contributed by atoms with E-state index in [2.05, 4.69) is 34.9 Å². The first-order valence-corrected chi connectivity index (χ1v) is 5.46. The molecule has 0 amide bonds. The summed E-state index contributed by atoms with van der Waals surface area (Å²) >= 11 is 3.46. The molecular formula is C10H8S2. The molecule has 0 aliphatic rings. The van der Waals surface area contributed by atoms with Gasteiger partial charge in [-0.3, -0.25) is 0 Å². The van der Waals surface area contributed by atoms with Crippen LogP contribution in [-0.4, -0.2) is 0 Å². The molecule has 60 valence electrons. The van der Waals surface area contributed by atoms with Crippen LogP contribution in [0.15, 0.2) is 34.9 Å². The summed E-state index contributed by atoms with van der Waals surface area (Å²) in [5, 5.41) is 6.43. The Bertz CT molecular complexity index is 368. The Hall–Kier alpha value is -0.860. The van der Waals surface area contributed by atoms with Crippen LogP contribution < -0.4 is 0 Å². The lowest BCUT2D eigenvalue weighted by atomic mass is 10.2. The Kier molecular flexibility index (Phi) is 2.11. The third-order valence-corrected chi connectivity index (χ3v) is 3.29. The van der Waals surface area contributed by atoms with Crippen LogP contribution in [0.25, 0.3) is 17.2 Å². The summed E-state index contributed by atoms with van der Waals surface area (Å²) in [5.74, 6) is 0. The maximum atomic E-state index is 3.74. The van der Waals surface area contributed by atoms with Gasteiger partial charge in [0.05, 0.1) is 0 Å². The number of rotatable bonds is 2. The molecule has 0 unspecified atom stereocenters. The van der Waals surface area contributed by atoms with Crippen molar-refractivity contribution in [1.29, 1.82) is 0 Å². The zero-order valence-corrected chi connectivity index (χ0v) is 8.12. The molecule has 0 aliphatic carbocycles. The highest BCUT2D eigenvalue weighted by Gasteiger charge is 1.99. The second-order valence-corrected chi connectivity index (χ2v) is 4.18. The summed E-state index contributed by atoms with van der Waals surface area (Å²) < 4.78 is 0. The SMILES string of the molecule is C=Cc1cc(-c2ccsc2)cs1. The highest BCUT2D eigenvalue weighted by molar-refractivity contribution is 7.11. The summed E-state index contributed by atoms with van der Waals surface area (Å²) in [6.45, 7) is 3.74. The minimum absolute atomic E-state index is 1.23. The summed E-state index contributed by atoms with van der Waals surface area (Å²) in [6.07, 6.45) is 1.89. The van der Waals surface area contributed by atoms with E-state index < -0.39 is 0 Å². The van der Waals surface area contributed by atoms with E-state index in [4.69, 9.17) is 0 Å². The van der Waals surface area contributed by atoms with E-state index >= 15 is 0 Å². The number of thiophene rings is 2. The predicted molar refractivity (Wildman–Crippen MR) is 57.7 cm³/mol. The predicted octanol–water partition coefficient (Wildman–Crippen LogP) is 4.12. The molecule has 0 radical (unpaired) electrons. The Balaban J connectivity index is 2.41. The Morgan fingerprint density at radius 2 is 2.17 bits per heavy atom. The van der Waals surface area contributed by atoms with Crippen LogP contribution in [-0.2, 0) is 0 Å². The van der Waals surface area contributed by atoms with E-state index in [9.17, 15) is 0 Å². The Labute approximate surface area is 79.8 Å². The highest BCUT2D eigenvalue weighted by atomic mass is 32.1. The standard InChI is InChI=1S/C10H8S2/c1-2-10-5-9(7-12-10)8-3-4-11-6-8/h2-7H,1H2. The summed E-state index contributed by atoms with van der Waals surface area (Å²) in [5.41, 5.74) is 2.61. The maximum Gasteiger partial charge on any atom is 0.0270 e. The zero-order chi connectivity index (χ0) is 8.39. The molecule has 2 aromatic heterocycles. The van der Waals surface area contributed by atoms with E-state index in [0.29, 0.717) is 0 Å². The van der Waals surface area contributed by atoms with Crippen LogP contribution in [0.2, 0.25) is 0 Å². The van der Waals surface area contributed by atoms with Crippen molar-refractivity contribution in [2.24, 2.45) is 0 Å². The Morgan fingerprint density at radius 1 is 1.25 bits per heavy atom. The van der Waals surface area contributed by atoms with Gasteiger partial charge in [-0.2, -0.15) is 11.3 Å². The lowest BCUT2D eigenvalue weighted by Crippen LogP contribution is -1.62. The first-order chi connectivity index (χ1) is 5.90. The lowest BCUT2D eigenvalue weighted by Gasteiger charge is -1.86. The third-order valence-electron chi connectivity index (χ3n) is 1.68. The molecule has 0 aromatic carbocycles. The van der Waals surface area contributed by atoms with Crippen LogP contribution in [0.3, 0.4) is 0 Å². The molecule has 2 aromatic rings. The monoisotopic (exact) mass is 192 g/mol. The van der Waals surface area contributed by atoms with Gasteiger partial charge in [-0.1, -0.05) is 12.7 Å². The van der Waals surface area contributed by atoms with Gasteiger partial charge in [0.25, 0.3) is 0 Å².